The van der Waals surface area contributed by atoms with Crippen LogP contribution < -0.4 is 4.74 Å². The Balaban J connectivity index is 1.71. The van der Waals surface area contributed by atoms with E-state index < -0.39 is 11.7 Å². The number of hydrogen-bond acceptors (Lipinski definition) is 5. The second-order valence-corrected chi connectivity index (χ2v) is 8.05. The van der Waals surface area contributed by atoms with Gasteiger partial charge in [0.1, 0.15) is 22.3 Å². The van der Waals surface area contributed by atoms with Crippen molar-refractivity contribution in [1.29, 1.82) is 0 Å². The van der Waals surface area contributed by atoms with E-state index in [4.69, 9.17) is 17.0 Å². The van der Waals surface area contributed by atoms with Crippen LogP contribution in [-0.4, -0.2) is 52.4 Å². The third-order valence-electron chi connectivity index (χ3n) is 3.99. The number of rotatable bonds is 8. The number of benzene rings is 1. The lowest BCUT2D eigenvalue weighted by Gasteiger charge is -2.11. The van der Waals surface area contributed by atoms with E-state index in [-0.39, 0.29) is 5.75 Å². The first-order valence-corrected chi connectivity index (χ1v) is 10.6. The van der Waals surface area contributed by atoms with E-state index in [2.05, 4.69) is 15.2 Å². The van der Waals surface area contributed by atoms with Crippen LogP contribution in [0.3, 0.4) is 0 Å². The second-order valence-electron chi connectivity index (χ2n) is 6.55. The molecule has 0 aliphatic carbocycles. The molecular weight excluding hydrogens is 433 g/mol. The van der Waals surface area contributed by atoms with Crippen molar-refractivity contribution in [3.63, 3.8) is 0 Å². The van der Waals surface area contributed by atoms with E-state index in [1.807, 2.05) is 32.0 Å². The summed E-state index contributed by atoms with van der Waals surface area (Å²) in [5.74, 6) is 1.80. The predicted octanol–water partition coefficient (Wildman–Crippen LogP) is 5.10. The summed E-state index contributed by atoms with van der Waals surface area (Å²) in [6.07, 6.45) is -2.82. The maximum atomic E-state index is 12.7. The highest BCUT2D eigenvalue weighted by Gasteiger charge is 2.30. The minimum atomic E-state index is -4.37. The molecule has 0 aliphatic rings. The average molecular weight is 457 g/mol. The molecule has 0 spiro atoms. The third-order valence-corrected chi connectivity index (χ3v) is 5.30. The van der Waals surface area contributed by atoms with Crippen molar-refractivity contribution in [1.82, 2.24) is 15.1 Å². The number of thioether (sulfide) groups is 1. The van der Waals surface area contributed by atoms with Gasteiger partial charge >= 0.3 is 6.18 Å². The molecule has 2 rings (SSSR count). The average Bonchev–Trinajstić information content (AvgIpc) is 2.70. The molecule has 2 aromatic rings. The largest absolute Gasteiger partial charge is 0.494 e. The van der Waals surface area contributed by atoms with Gasteiger partial charge in [-0.1, -0.05) is 18.3 Å². The summed E-state index contributed by atoms with van der Waals surface area (Å²) in [5, 5.41) is 9.05. The highest BCUT2D eigenvalue weighted by Crippen LogP contribution is 2.31. The molecule has 0 saturated carbocycles. The van der Waals surface area contributed by atoms with Crippen LogP contribution in [-0.2, 0) is 6.18 Å². The topological polar surface area (TPSA) is 50.6 Å². The van der Waals surface area contributed by atoms with Gasteiger partial charge in [0.2, 0.25) is 0 Å². The number of ether oxygens (including phenoxy) is 1. The van der Waals surface area contributed by atoms with Crippen LogP contribution in [0.5, 0.6) is 5.75 Å². The highest BCUT2D eigenvalue weighted by molar-refractivity contribution is 7.99. The van der Waals surface area contributed by atoms with Crippen molar-refractivity contribution >= 4 is 34.8 Å². The Hall–Kier alpha value is -2.20. The molecule has 0 amide bonds. The van der Waals surface area contributed by atoms with Gasteiger partial charge in [-0.3, -0.25) is 0 Å². The normalized spacial score (nSPS) is 12.0. The van der Waals surface area contributed by atoms with Crippen molar-refractivity contribution < 1.29 is 17.9 Å². The molecule has 0 atom stereocenters. The standard InChI is InChI=1S/C20H23F3N4OS2/c1-14(27(2)3)24-19(29)17-9-10-18(26-25-17)30-12-5-4-11-28-16-8-6-7-15(13-16)20(21,22)23/h6-10,13H,4-5,11-12H2,1-3H3. The van der Waals surface area contributed by atoms with Gasteiger partial charge in [0, 0.05) is 14.1 Å². The summed E-state index contributed by atoms with van der Waals surface area (Å²) in [4.78, 5) is 6.55. The third kappa shape index (κ3) is 7.91. The Kier molecular flexibility index (Phi) is 9.04. The van der Waals surface area contributed by atoms with E-state index in [0.717, 1.165) is 41.6 Å². The first-order valence-electron chi connectivity index (χ1n) is 9.20. The molecule has 0 saturated heterocycles. The monoisotopic (exact) mass is 456 g/mol. The molecule has 10 heteroatoms. The summed E-state index contributed by atoms with van der Waals surface area (Å²) < 4.78 is 43.5. The van der Waals surface area contributed by atoms with Crippen LogP contribution in [0.2, 0.25) is 0 Å². The molecule has 0 aliphatic heterocycles. The molecule has 0 fully saturated rings. The van der Waals surface area contributed by atoms with Crippen LogP contribution in [0.15, 0.2) is 46.4 Å². The van der Waals surface area contributed by atoms with Crippen molar-refractivity contribution in [3.05, 3.63) is 47.7 Å². The fourth-order valence-corrected chi connectivity index (χ4v) is 3.21. The fourth-order valence-electron chi connectivity index (χ4n) is 2.15. The molecule has 1 heterocycles. The zero-order valence-corrected chi connectivity index (χ0v) is 18.6. The molecule has 30 heavy (non-hydrogen) atoms. The molecule has 0 bridgehead atoms. The molecule has 0 unspecified atom stereocenters. The number of unbranched alkanes of at least 4 members (excludes halogenated alkanes) is 1. The number of amidine groups is 1. The van der Waals surface area contributed by atoms with Gasteiger partial charge in [-0.2, -0.15) is 13.2 Å². The number of aliphatic imine (C=N–C) groups is 1. The maximum Gasteiger partial charge on any atom is 0.416 e. The number of aromatic nitrogens is 2. The number of hydrogen-bond donors (Lipinski definition) is 0. The predicted molar refractivity (Wildman–Crippen MR) is 117 cm³/mol. The van der Waals surface area contributed by atoms with Crippen molar-refractivity contribution in [2.45, 2.75) is 31.0 Å². The minimum absolute atomic E-state index is 0.224. The van der Waals surface area contributed by atoms with Gasteiger partial charge in [-0.25, -0.2) is 4.99 Å². The molecule has 0 radical (unpaired) electrons. The zero-order chi connectivity index (χ0) is 22.1. The zero-order valence-electron chi connectivity index (χ0n) is 16.9. The van der Waals surface area contributed by atoms with Crippen LogP contribution in [0, 0.1) is 0 Å². The van der Waals surface area contributed by atoms with Gasteiger partial charge in [0.25, 0.3) is 0 Å². The van der Waals surface area contributed by atoms with E-state index in [9.17, 15) is 13.2 Å². The number of thiocarbonyl (C=S) groups is 1. The van der Waals surface area contributed by atoms with Crippen LogP contribution in [0.25, 0.3) is 0 Å². The van der Waals surface area contributed by atoms with Gasteiger partial charge in [-0.15, -0.1) is 22.0 Å². The smallest absolute Gasteiger partial charge is 0.416 e. The molecule has 0 N–H and O–H groups in total. The molecule has 5 nitrogen and oxygen atoms in total. The summed E-state index contributed by atoms with van der Waals surface area (Å²) in [5.41, 5.74) is -0.162. The van der Waals surface area contributed by atoms with Crippen LogP contribution in [0.4, 0.5) is 13.2 Å². The Morgan fingerprint density at radius 3 is 2.57 bits per heavy atom. The Labute approximate surface area is 183 Å². The van der Waals surface area contributed by atoms with E-state index in [0.29, 0.717) is 17.3 Å². The minimum Gasteiger partial charge on any atom is -0.494 e. The second kappa shape index (κ2) is 11.3. The van der Waals surface area contributed by atoms with Gasteiger partial charge in [-0.05, 0) is 55.9 Å². The highest BCUT2D eigenvalue weighted by atomic mass is 32.2. The molecule has 162 valence electrons. The SMILES string of the molecule is CC(=NC(=S)c1ccc(SCCCCOc2cccc(C(F)(F)F)c2)nn1)N(C)C. The molecular formula is C20H23F3N4OS2. The fraction of sp³-hybridized carbons (Fsp3) is 0.400. The van der Waals surface area contributed by atoms with Crippen molar-refractivity contribution in [2.24, 2.45) is 4.99 Å². The van der Waals surface area contributed by atoms with Crippen LogP contribution >= 0.6 is 24.0 Å². The molecule has 1 aromatic heterocycles. The number of halogens is 3. The lowest BCUT2D eigenvalue weighted by atomic mass is 10.2. The maximum absolute atomic E-state index is 12.7. The van der Waals surface area contributed by atoms with E-state index in [1.54, 1.807) is 17.8 Å². The Morgan fingerprint density at radius 1 is 1.17 bits per heavy atom. The van der Waals surface area contributed by atoms with Crippen molar-refractivity contribution in [3.8, 4) is 5.75 Å². The van der Waals surface area contributed by atoms with E-state index >= 15 is 0 Å². The number of alkyl halides is 3. The van der Waals surface area contributed by atoms with Gasteiger partial charge in [0.05, 0.1) is 12.2 Å². The molecule has 1 aromatic carbocycles. The summed E-state index contributed by atoms with van der Waals surface area (Å²) in [6, 6.07) is 8.54. The Morgan fingerprint density at radius 2 is 1.93 bits per heavy atom. The Bertz CT molecular complexity index is 871. The summed E-state index contributed by atoms with van der Waals surface area (Å²) in [7, 11) is 3.77. The summed E-state index contributed by atoms with van der Waals surface area (Å²) in [6.45, 7) is 2.21. The van der Waals surface area contributed by atoms with Crippen molar-refractivity contribution in [2.75, 3.05) is 26.5 Å². The first-order chi connectivity index (χ1) is 14.2. The van der Waals surface area contributed by atoms with Crippen LogP contribution in [0.1, 0.15) is 31.0 Å². The first kappa shape index (κ1) is 24.1. The lowest BCUT2D eigenvalue weighted by molar-refractivity contribution is -0.137. The lowest BCUT2D eigenvalue weighted by Crippen LogP contribution is -2.19. The van der Waals surface area contributed by atoms with Gasteiger partial charge < -0.3 is 9.64 Å². The number of nitrogens with zero attached hydrogens (tertiary/aromatic N) is 4. The van der Waals surface area contributed by atoms with Gasteiger partial charge in [0.15, 0.2) is 4.99 Å². The quantitative estimate of drug-likeness (QED) is 0.181. The summed E-state index contributed by atoms with van der Waals surface area (Å²) >= 11 is 6.81. The van der Waals surface area contributed by atoms with E-state index in [1.165, 1.54) is 12.1 Å².